The zero-order valence-corrected chi connectivity index (χ0v) is 16.1. The van der Waals surface area contributed by atoms with Crippen LogP contribution in [0.1, 0.15) is 43.7 Å². The normalized spacial score (nSPS) is 22.6. The van der Waals surface area contributed by atoms with Crippen LogP contribution in [0.4, 0.5) is 0 Å². The molecule has 0 bridgehead atoms. The molecule has 3 rings (SSSR count). The summed E-state index contributed by atoms with van der Waals surface area (Å²) in [5, 5.41) is 13.6. The van der Waals surface area contributed by atoms with Crippen molar-refractivity contribution in [2.75, 3.05) is 14.1 Å². The summed E-state index contributed by atoms with van der Waals surface area (Å²) in [5.74, 6) is 0.127. The van der Waals surface area contributed by atoms with Crippen molar-refractivity contribution in [3.63, 3.8) is 0 Å². The predicted molar refractivity (Wildman–Crippen MR) is 101 cm³/mol. The molecule has 1 aliphatic carbocycles. The molecular weight excluding hydrogens is 324 g/mol. The molecule has 2 aliphatic rings. The summed E-state index contributed by atoms with van der Waals surface area (Å²) in [5.41, 5.74) is 10.4. The van der Waals surface area contributed by atoms with Gasteiger partial charge < -0.3 is 5.73 Å². The third-order valence-electron chi connectivity index (χ3n) is 5.25. The number of nitrogens with zero attached hydrogens (tertiary/aromatic N) is 3. The molecule has 26 heavy (non-hydrogen) atoms. The minimum atomic E-state index is -0.393. The molecule has 1 aromatic carbocycles. The molecule has 2 N–H and O–H groups in total. The Kier molecular flexibility index (Phi) is 4.41. The van der Waals surface area contributed by atoms with E-state index in [-0.39, 0.29) is 11.2 Å². The Hall–Kier alpha value is -2.58. The first-order valence-corrected chi connectivity index (χ1v) is 8.87. The SMILES string of the molecule is Cc1ccccc1[C@H]1C(C#N)=C(N)N(N(C)C)C2=C1C(=O)CC(C)(C)C2. The van der Waals surface area contributed by atoms with E-state index in [1.54, 1.807) is 0 Å². The molecule has 0 saturated heterocycles. The van der Waals surface area contributed by atoms with Crippen LogP contribution in [0.5, 0.6) is 0 Å². The third kappa shape index (κ3) is 2.81. The first-order chi connectivity index (χ1) is 12.2. The number of rotatable bonds is 2. The minimum absolute atomic E-state index is 0.108. The Labute approximate surface area is 155 Å². The Morgan fingerprint density at radius 1 is 1.27 bits per heavy atom. The van der Waals surface area contributed by atoms with Gasteiger partial charge in [-0.1, -0.05) is 38.1 Å². The smallest absolute Gasteiger partial charge is 0.162 e. The largest absolute Gasteiger partial charge is 0.383 e. The van der Waals surface area contributed by atoms with Gasteiger partial charge in [0, 0.05) is 31.8 Å². The van der Waals surface area contributed by atoms with Gasteiger partial charge in [-0.3, -0.25) is 9.80 Å². The van der Waals surface area contributed by atoms with Crippen molar-refractivity contribution in [1.29, 1.82) is 5.26 Å². The van der Waals surface area contributed by atoms with Crippen LogP contribution in [0.15, 0.2) is 46.9 Å². The molecule has 1 aliphatic heterocycles. The molecule has 0 aromatic heterocycles. The van der Waals surface area contributed by atoms with Gasteiger partial charge in [0.15, 0.2) is 5.78 Å². The Bertz CT molecular complexity index is 870. The van der Waals surface area contributed by atoms with E-state index in [0.717, 1.165) is 28.8 Å². The van der Waals surface area contributed by atoms with Crippen LogP contribution < -0.4 is 5.73 Å². The van der Waals surface area contributed by atoms with Crippen molar-refractivity contribution >= 4 is 5.78 Å². The van der Waals surface area contributed by atoms with Crippen molar-refractivity contribution in [2.24, 2.45) is 11.1 Å². The van der Waals surface area contributed by atoms with Crippen molar-refractivity contribution in [1.82, 2.24) is 10.0 Å². The average molecular weight is 350 g/mol. The van der Waals surface area contributed by atoms with Crippen molar-refractivity contribution in [3.8, 4) is 6.07 Å². The third-order valence-corrected chi connectivity index (χ3v) is 5.25. The van der Waals surface area contributed by atoms with Gasteiger partial charge >= 0.3 is 0 Å². The maximum atomic E-state index is 13.2. The molecule has 0 spiro atoms. The van der Waals surface area contributed by atoms with E-state index in [2.05, 4.69) is 19.9 Å². The lowest BCUT2D eigenvalue weighted by atomic mass is 9.68. The molecule has 1 heterocycles. The highest BCUT2D eigenvalue weighted by molar-refractivity contribution is 6.00. The summed E-state index contributed by atoms with van der Waals surface area (Å²) in [6.45, 7) is 6.21. The quantitative estimate of drug-likeness (QED) is 0.886. The molecule has 0 radical (unpaired) electrons. The highest BCUT2D eigenvalue weighted by atomic mass is 16.1. The average Bonchev–Trinajstić information content (AvgIpc) is 2.52. The van der Waals surface area contributed by atoms with E-state index >= 15 is 0 Å². The fourth-order valence-corrected chi connectivity index (χ4v) is 4.17. The van der Waals surface area contributed by atoms with Crippen LogP contribution in [-0.2, 0) is 4.79 Å². The maximum Gasteiger partial charge on any atom is 0.162 e. The van der Waals surface area contributed by atoms with Gasteiger partial charge in [0.25, 0.3) is 0 Å². The van der Waals surface area contributed by atoms with Gasteiger partial charge in [-0.25, -0.2) is 5.01 Å². The number of Topliss-reactive ketones (excluding diaryl/α,β-unsaturated/α-hetero) is 1. The van der Waals surface area contributed by atoms with Crippen LogP contribution in [0, 0.1) is 23.7 Å². The second-order valence-electron chi connectivity index (χ2n) is 8.16. The van der Waals surface area contributed by atoms with E-state index in [1.165, 1.54) is 0 Å². The van der Waals surface area contributed by atoms with E-state index in [0.29, 0.717) is 17.8 Å². The number of carbonyl (C=O) groups excluding carboxylic acids is 1. The lowest BCUT2D eigenvalue weighted by Crippen LogP contribution is -2.47. The van der Waals surface area contributed by atoms with Crippen LogP contribution in [0.2, 0.25) is 0 Å². The van der Waals surface area contributed by atoms with Crippen LogP contribution in [0.25, 0.3) is 0 Å². The molecular formula is C21H26N4O. The Balaban J connectivity index is 2.32. The number of aryl methyl sites for hydroxylation is 1. The molecule has 1 aromatic rings. The molecule has 5 heteroatoms. The van der Waals surface area contributed by atoms with Crippen LogP contribution in [0.3, 0.4) is 0 Å². The monoisotopic (exact) mass is 350 g/mol. The fraction of sp³-hybridized carbons (Fsp3) is 0.429. The molecule has 136 valence electrons. The van der Waals surface area contributed by atoms with Crippen LogP contribution >= 0.6 is 0 Å². The second kappa shape index (κ2) is 6.30. The molecule has 0 saturated carbocycles. The second-order valence-corrected chi connectivity index (χ2v) is 8.16. The molecule has 0 amide bonds. The summed E-state index contributed by atoms with van der Waals surface area (Å²) >= 11 is 0. The highest BCUT2D eigenvalue weighted by Crippen LogP contribution is 2.49. The van der Waals surface area contributed by atoms with E-state index in [9.17, 15) is 10.1 Å². The first kappa shape index (κ1) is 18.2. The van der Waals surface area contributed by atoms with Gasteiger partial charge in [-0.05, 0) is 29.9 Å². The summed E-state index contributed by atoms with van der Waals surface area (Å²) in [6.07, 6.45) is 1.22. The number of hydrazine groups is 1. The fourth-order valence-electron chi connectivity index (χ4n) is 4.17. The van der Waals surface area contributed by atoms with E-state index in [4.69, 9.17) is 5.73 Å². The lowest BCUT2D eigenvalue weighted by Gasteiger charge is -2.45. The van der Waals surface area contributed by atoms with Crippen molar-refractivity contribution in [3.05, 3.63) is 58.1 Å². The molecule has 0 unspecified atom stereocenters. The number of benzene rings is 1. The number of carbonyl (C=O) groups is 1. The summed E-state index contributed by atoms with van der Waals surface area (Å²) < 4.78 is 0. The lowest BCUT2D eigenvalue weighted by molar-refractivity contribution is -0.119. The standard InChI is InChI=1S/C21H26N4O/c1-13-8-6-7-9-14(13)18-15(12-22)20(23)25(24(4)5)16-10-21(2,3)11-17(26)19(16)18/h6-9,18H,10-11,23H2,1-5H3/t18-/m0/s1. The number of hydrogen-bond donors (Lipinski definition) is 1. The topological polar surface area (TPSA) is 73.4 Å². The van der Waals surface area contributed by atoms with Crippen LogP contribution in [-0.4, -0.2) is 29.9 Å². The van der Waals surface area contributed by atoms with Gasteiger partial charge in [0.2, 0.25) is 0 Å². The zero-order valence-electron chi connectivity index (χ0n) is 16.1. The summed E-state index contributed by atoms with van der Waals surface area (Å²) in [7, 11) is 3.76. The van der Waals surface area contributed by atoms with Crippen molar-refractivity contribution < 1.29 is 4.79 Å². The number of hydrogen-bond acceptors (Lipinski definition) is 5. The van der Waals surface area contributed by atoms with E-state index in [1.807, 2.05) is 55.3 Å². The first-order valence-electron chi connectivity index (χ1n) is 8.87. The molecule has 0 fully saturated rings. The van der Waals surface area contributed by atoms with Gasteiger partial charge in [-0.15, -0.1) is 0 Å². The Morgan fingerprint density at radius 2 is 1.92 bits per heavy atom. The molecule has 1 atom stereocenters. The van der Waals surface area contributed by atoms with Gasteiger partial charge in [0.05, 0.1) is 17.6 Å². The number of nitriles is 1. The molecule has 5 nitrogen and oxygen atoms in total. The zero-order chi connectivity index (χ0) is 19.2. The summed E-state index contributed by atoms with van der Waals surface area (Å²) in [6, 6.07) is 10.2. The number of nitrogens with two attached hydrogens (primary N) is 1. The van der Waals surface area contributed by atoms with Gasteiger partial charge in [-0.2, -0.15) is 5.26 Å². The minimum Gasteiger partial charge on any atom is -0.383 e. The highest BCUT2D eigenvalue weighted by Gasteiger charge is 2.45. The number of allylic oxidation sites excluding steroid dienone is 3. The van der Waals surface area contributed by atoms with Gasteiger partial charge in [0.1, 0.15) is 5.82 Å². The van der Waals surface area contributed by atoms with E-state index < -0.39 is 5.92 Å². The summed E-state index contributed by atoms with van der Waals surface area (Å²) in [4.78, 5) is 13.2. The number of ketones is 1. The Morgan fingerprint density at radius 3 is 2.50 bits per heavy atom. The van der Waals surface area contributed by atoms with Crippen molar-refractivity contribution in [2.45, 2.75) is 39.5 Å². The maximum absolute atomic E-state index is 13.2. The predicted octanol–water partition coefficient (Wildman–Crippen LogP) is 3.21.